The number of hydrogen-bond donors (Lipinski definition) is 0. The highest BCUT2D eigenvalue weighted by Gasteiger charge is 2.19. The monoisotopic (exact) mass is 867 g/mol. The Hall–Kier alpha value is -9.19. The van der Waals surface area contributed by atoms with Crippen LogP contribution < -0.4 is 0 Å². The zero-order valence-electron chi connectivity index (χ0n) is 36.9. The van der Waals surface area contributed by atoms with E-state index in [1.54, 1.807) is 0 Å². The van der Waals surface area contributed by atoms with E-state index in [0.717, 1.165) is 44.7 Å². The Morgan fingerprint density at radius 1 is 0.206 bits per heavy atom. The molecule has 0 N–H and O–H groups in total. The first kappa shape index (κ1) is 39.2. The molecule has 68 heavy (non-hydrogen) atoms. The normalized spacial score (nSPS) is 11.5. The molecule has 5 nitrogen and oxygen atoms in total. The van der Waals surface area contributed by atoms with Crippen molar-refractivity contribution >= 4 is 43.6 Å². The van der Waals surface area contributed by atoms with Gasteiger partial charge in [-0.15, -0.1) is 0 Å². The van der Waals surface area contributed by atoms with Crippen molar-refractivity contribution in [1.29, 1.82) is 0 Å². The molecule has 0 aliphatic carbocycles. The van der Waals surface area contributed by atoms with E-state index in [-0.39, 0.29) is 0 Å². The highest BCUT2D eigenvalue weighted by molar-refractivity contribution is 6.14. The van der Waals surface area contributed by atoms with Crippen LogP contribution >= 0.6 is 0 Å². The molecule has 0 unspecified atom stereocenters. The van der Waals surface area contributed by atoms with Gasteiger partial charge in [-0.05, 0) is 118 Å². The van der Waals surface area contributed by atoms with E-state index >= 15 is 0 Å². The number of hydrogen-bond acceptors (Lipinski definition) is 3. The number of nitrogens with zero attached hydrogens (tertiary/aromatic N) is 5. The Morgan fingerprint density at radius 3 is 0.794 bits per heavy atom. The highest BCUT2D eigenvalue weighted by atomic mass is 15.0. The molecule has 0 atom stereocenters. The van der Waals surface area contributed by atoms with E-state index in [1.165, 1.54) is 60.4 Å². The highest BCUT2D eigenvalue weighted by Crippen LogP contribution is 2.41. The maximum atomic E-state index is 5.01. The van der Waals surface area contributed by atoms with Gasteiger partial charge in [0.15, 0.2) is 17.5 Å². The Labute approximate surface area is 393 Å². The van der Waals surface area contributed by atoms with E-state index in [9.17, 15) is 0 Å². The smallest absolute Gasteiger partial charge is 0.164 e. The van der Waals surface area contributed by atoms with Gasteiger partial charge < -0.3 is 9.13 Å². The molecular weight excluding hydrogens is 827 g/mol. The van der Waals surface area contributed by atoms with Crippen LogP contribution in [0.25, 0.3) is 123 Å². The van der Waals surface area contributed by atoms with Crippen LogP contribution in [-0.2, 0) is 0 Å². The second kappa shape index (κ2) is 16.4. The van der Waals surface area contributed by atoms with Crippen LogP contribution in [0.15, 0.2) is 249 Å². The molecule has 13 rings (SSSR count). The lowest BCUT2D eigenvalue weighted by Gasteiger charge is -2.11. The van der Waals surface area contributed by atoms with Gasteiger partial charge in [-0.1, -0.05) is 164 Å². The number of para-hydroxylation sites is 1. The van der Waals surface area contributed by atoms with E-state index in [0.29, 0.717) is 17.5 Å². The summed E-state index contributed by atoms with van der Waals surface area (Å²) in [5.74, 6) is 1.91. The summed E-state index contributed by atoms with van der Waals surface area (Å²) in [5, 5.41) is 4.83. The lowest BCUT2D eigenvalue weighted by Crippen LogP contribution is -2.00. The van der Waals surface area contributed by atoms with E-state index in [1.807, 2.05) is 60.7 Å². The molecule has 0 aliphatic heterocycles. The van der Waals surface area contributed by atoms with Crippen molar-refractivity contribution in [1.82, 2.24) is 24.1 Å². The van der Waals surface area contributed by atoms with E-state index in [2.05, 4.69) is 197 Å². The fourth-order valence-corrected chi connectivity index (χ4v) is 9.86. The van der Waals surface area contributed by atoms with Gasteiger partial charge in [0.05, 0.1) is 22.1 Å². The molecule has 10 aromatic carbocycles. The van der Waals surface area contributed by atoms with Crippen LogP contribution in [0, 0.1) is 0 Å². The Morgan fingerprint density at radius 2 is 0.456 bits per heavy atom. The van der Waals surface area contributed by atoms with Gasteiger partial charge in [-0.3, -0.25) is 0 Å². The molecule has 0 radical (unpaired) electrons. The van der Waals surface area contributed by atoms with Gasteiger partial charge >= 0.3 is 0 Å². The van der Waals surface area contributed by atoms with E-state index < -0.39 is 0 Å². The van der Waals surface area contributed by atoms with Crippen LogP contribution in [-0.4, -0.2) is 24.1 Å². The predicted octanol–water partition coefficient (Wildman–Crippen LogP) is 16.1. The molecule has 318 valence electrons. The molecule has 0 aliphatic rings. The minimum Gasteiger partial charge on any atom is -0.309 e. The first-order valence-electron chi connectivity index (χ1n) is 23.0. The molecule has 3 heterocycles. The third kappa shape index (κ3) is 6.84. The van der Waals surface area contributed by atoms with Crippen molar-refractivity contribution in [3.63, 3.8) is 0 Å². The third-order valence-electron chi connectivity index (χ3n) is 13.2. The topological polar surface area (TPSA) is 48.5 Å². The lowest BCUT2D eigenvalue weighted by atomic mass is 9.98. The quantitative estimate of drug-likeness (QED) is 0.153. The minimum absolute atomic E-state index is 0.628. The molecule has 5 heteroatoms. The molecule has 0 spiro atoms. The summed E-state index contributed by atoms with van der Waals surface area (Å²) in [5.41, 5.74) is 16.8. The zero-order valence-corrected chi connectivity index (χ0v) is 36.9. The Kier molecular flexibility index (Phi) is 9.43. The first-order chi connectivity index (χ1) is 33.7. The fourth-order valence-electron chi connectivity index (χ4n) is 9.86. The van der Waals surface area contributed by atoms with Gasteiger partial charge in [-0.25, -0.2) is 15.0 Å². The Bertz CT molecular complexity index is 3920. The second-order valence-corrected chi connectivity index (χ2v) is 17.3. The molecule has 13 aromatic rings. The largest absolute Gasteiger partial charge is 0.309 e. The number of rotatable bonds is 8. The minimum atomic E-state index is 0.628. The molecule has 0 fully saturated rings. The molecular formula is C63H41N5. The number of fused-ring (bicyclic) bond motifs is 6. The van der Waals surface area contributed by atoms with Crippen molar-refractivity contribution in [2.45, 2.75) is 0 Å². The summed E-state index contributed by atoms with van der Waals surface area (Å²) in [4.78, 5) is 14.9. The lowest BCUT2D eigenvalue weighted by molar-refractivity contribution is 1.07. The summed E-state index contributed by atoms with van der Waals surface area (Å²) in [7, 11) is 0. The SMILES string of the molecule is c1ccc(-c2ccc3c(c2)c2cc(-c4ccc5c(c4)c4cc(-c6ccccc6)ccc4n5-c4ccc(-c5nc(-c6ccccc6)nc(-c6ccccc6)n5)cc4)ccc2n3-c2ccccc2)cc1. The van der Waals surface area contributed by atoms with Crippen LogP contribution in [0.1, 0.15) is 0 Å². The molecule has 0 saturated heterocycles. The third-order valence-corrected chi connectivity index (χ3v) is 13.2. The maximum Gasteiger partial charge on any atom is 0.164 e. The molecule has 0 amide bonds. The van der Waals surface area contributed by atoms with Crippen molar-refractivity contribution < 1.29 is 0 Å². The number of aromatic nitrogens is 5. The van der Waals surface area contributed by atoms with Crippen molar-refractivity contribution in [2.75, 3.05) is 0 Å². The Balaban J connectivity index is 0.959. The molecule has 0 bridgehead atoms. The van der Waals surface area contributed by atoms with Gasteiger partial charge in [-0.2, -0.15) is 0 Å². The number of benzene rings is 10. The summed E-state index contributed by atoms with van der Waals surface area (Å²) < 4.78 is 4.77. The second-order valence-electron chi connectivity index (χ2n) is 17.3. The van der Waals surface area contributed by atoms with Crippen molar-refractivity contribution in [3.8, 4) is 78.9 Å². The molecule has 0 saturated carbocycles. The first-order valence-corrected chi connectivity index (χ1v) is 23.0. The van der Waals surface area contributed by atoms with Crippen molar-refractivity contribution in [3.05, 3.63) is 249 Å². The van der Waals surface area contributed by atoms with Gasteiger partial charge in [0.2, 0.25) is 0 Å². The van der Waals surface area contributed by atoms with Crippen LogP contribution in [0.3, 0.4) is 0 Å². The van der Waals surface area contributed by atoms with Crippen molar-refractivity contribution in [2.24, 2.45) is 0 Å². The molecule has 3 aromatic heterocycles. The summed E-state index contributed by atoms with van der Waals surface area (Å²) >= 11 is 0. The maximum absolute atomic E-state index is 5.01. The van der Waals surface area contributed by atoms with E-state index in [4.69, 9.17) is 15.0 Å². The standard InChI is InChI=1S/C63H41N5/c1-6-16-42(17-7-1)47-28-34-57-53(38-47)55-40-49(30-36-58(55)67(57)51-24-14-5-15-25-51)50-31-37-60-56(41-50)54-39-48(43-18-8-2-9-19-43)29-35-59(54)68(60)52-32-26-46(27-33-52)63-65-61(44-20-10-3-11-21-44)64-62(66-63)45-22-12-4-13-23-45/h1-41H. The van der Waals surface area contributed by atoms with Crippen LogP contribution in [0.5, 0.6) is 0 Å². The summed E-state index contributed by atoms with van der Waals surface area (Å²) in [6, 6.07) is 88.5. The summed E-state index contributed by atoms with van der Waals surface area (Å²) in [6.45, 7) is 0. The average molecular weight is 868 g/mol. The van der Waals surface area contributed by atoms with Gasteiger partial charge in [0.1, 0.15) is 0 Å². The predicted molar refractivity (Wildman–Crippen MR) is 281 cm³/mol. The fraction of sp³-hybridized carbons (Fsp3) is 0. The average Bonchev–Trinajstić information content (AvgIpc) is 3.93. The zero-order chi connectivity index (χ0) is 45.0. The van der Waals surface area contributed by atoms with Crippen LogP contribution in [0.4, 0.5) is 0 Å². The van der Waals surface area contributed by atoms with Gasteiger partial charge in [0.25, 0.3) is 0 Å². The van der Waals surface area contributed by atoms with Gasteiger partial charge in [0, 0.05) is 49.6 Å². The summed E-state index contributed by atoms with van der Waals surface area (Å²) in [6.07, 6.45) is 0. The van der Waals surface area contributed by atoms with Crippen LogP contribution in [0.2, 0.25) is 0 Å².